The Kier molecular flexibility index (Phi) is 5.71. The molecule has 0 atom stereocenters. The predicted molar refractivity (Wildman–Crippen MR) is 66.5 cm³/mol. The highest BCUT2D eigenvalue weighted by molar-refractivity contribution is 7.86. The van der Waals surface area contributed by atoms with Crippen molar-refractivity contribution < 1.29 is 26.1 Å². The summed E-state index contributed by atoms with van der Waals surface area (Å²) in [6, 6.07) is 9.81. The predicted octanol–water partition coefficient (Wildman–Crippen LogP) is 1.81. The van der Waals surface area contributed by atoms with Gasteiger partial charge in [-0.3, -0.25) is 4.48 Å². The summed E-state index contributed by atoms with van der Waals surface area (Å²) in [5, 5.41) is 8.67. The van der Waals surface area contributed by atoms with Gasteiger partial charge in [-0.25, -0.2) is 8.42 Å². The van der Waals surface area contributed by atoms with Crippen molar-refractivity contribution in [1.82, 2.24) is 4.48 Å². The van der Waals surface area contributed by atoms with E-state index < -0.39 is 15.6 Å². The first-order valence-corrected chi connectivity index (χ1v) is 6.54. The Bertz CT molecular complexity index is 599. The van der Waals surface area contributed by atoms with E-state index in [9.17, 15) is 13.2 Å². The van der Waals surface area contributed by atoms with Gasteiger partial charge in [-0.15, -0.1) is 0 Å². The van der Waals surface area contributed by atoms with Crippen LogP contribution < -0.4 is 4.48 Å². The number of rotatable bonds is 1. The summed E-state index contributed by atoms with van der Waals surface area (Å²) in [7, 11) is 0.149. The van der Waals surface area contributed by atoms with Gasteiger partial charge in [0, 0.05) is 6.07 Å². The van der Waals surface area contributed by atoms with Crippen LogP contribution >= 0.6 is 0 Å². The van der Waals surface area contributed by atoms with Crippen molar-refractivity contribution in [3.8, 4) is 6.07 Å². The van der Waals surface area contributed by atoms with Crippen molar-refractivity contribution in [2.24, 2.45) is 0 Å². The number of nitrogens with zero attached hydrogens (tertiary/aromatic N) is 2. The Balaban J connectivity index is 0.000000396. The van der Waals surface area contributed by atoms with Crippen LogP contribution in [0.4, 0.5) is 18.9 Å². The van der Waals surface area contributed by atoms with E-state index in [2.05, 4.69) is 27.2 Å². The lowest BCUT2D eigenvalue weighted by Gasteiger charge is -2.23. The number of quaternary nitrogens is 1. The summed E-state index contributed by atoms with van der Waals surface area (Å²) < 4.78 is 59.6. The van der Waals surface area contributed by atoms with E-state index in [1.165, 1.54) is 0 Å². The van der Waals surface area contributed by atoms with Gasteiger partial charge in [-0.1, -0.05) is 6.07 Å². The summed E-state index contributed by atoms with van der Waals surface area (Å²) in [6.07, 6.45) is 0. The third-order valence-electron chi connectivity index (χ3n) is 2.03. The van der Waals surface area contributed by atoms with E-state index in [0.717, 1.165) is 15.7 Å². The van der Waals surface area contributed by atoms with Crippen LogP contribution in [-0.2, 0) is 10.1 Å². The lowest BCUT2D eigenvalue weighted by atomic mass is 10.2. The highest BCUT2D eigenvalue weighted by atomic mass is 32.2. The summed E-state index contributed by atoms with van der Waals surface area (Å²) in [6.45, 7) is 0. The molecule has 0 N–H and O–H groups in total. The van der Waals surface area contributed by atoms with Gasteiger partial charge in [0.25, 0.3) is 0 Å². The van der Waals surface area contributed by atoms with E-state index in [0.29, 0.717) is 0 Å². The number of hydrogen-bond acceptors (Lipinski definition) is 4. The number of alkyl halides is 3. The SMILES string of the molecule is C[N+](C)(C)c1cccc(C#N)c1.O=S(=O)([O-])C(F)(F)F. The lowest BCUT2D eigenvalue weighted by molar-refractivity contribution is -0.0517. The molecule has 0 fully saturated rings. The molecule has 1 aromatic carbocycles. The van der Waals surface area contributed by atoms with Gasteiger partial charge in [0.2, 0.25) is 0 Å². The molecule has 0 aromatic heterocycles. The molecule has 0 unspecified atom stereocenters. The van der Waals surface area contributed by atoms with Crippen LogP contribution in [0, 0.1) is 11.3 Å². The van der Waals surface area contributed by atoms with Crippen molar-refractivity contribution in [3.63, 3.8) is 0 Å². The van der Waals surface area contributed by atoms with Gasteiger partial charge in [-0.05, 0) is 12.1 Å². The molecule has 0 spiro atoms. The van der Waals surface area contributed by atoms with Crippen LogP contribution in [0.15, 0.2) is 24.3 Å². The molecule has 1 aromatic rings. The topological polar surface area (TPSA) is 81.0 Å². The zero-order chi connectivity index (χ0) is 16.2. The fourth-order valence-corrected chi connectivity index (χ4v) is 0.993. The Morgan fingerprint density at radius 3 is 2.00 bits per heavy atom. The Labute approximate surface area is 115 Å². The van der Waals surface area contributed by atoms with E-state index in [-0.39, 0.29) is 0 Å². The van der Waals surface area contributed by atoms with Gasteiger partial charge in [0.1, 0.15) is 5.69 Å². The minimum atomic E-state index is -6.09. The van der Waals surface area contributed by atoms with Gasteiger partial charge < -0.3 is 4.55 Å². The molecule has 0 radical (unpaired) electrons. The molecule has 0 saturated carbocycles. The van der Waals surface area contributed by atoms with Crippen molar-refractivity contribution in [3.05, 3.63) is 29.8 Å². The molecular weight excluding hydrogens is 297 g/mol. The summed E-state index contributed by atoms with van der Waals surface area (Å²) in [5.74, 6) is 0. The van der Waals surface area contributed by atoms with Gasteiger partial charge in [0.05, 0.1) is 32.8 Å². The highest BCUT2D eigenvalue weighted by Gasteiger charge is 2.36. The summed E-state index contributed by atoms with van der Waals surface area (Å²) in [5.41, 5.74) is -3.78. The Morgan fingerprint density at radius 2 is 1.70 bits per heavy atom. The van der Waals surface area contributed by atoms with Gasteiger partial charge in [0.15, 0.2) is 10.1 Å². The van der Waals surface area contributed by atoms with Crippen molar-refractivity contribution in [1.29, 1.82) is 5.26 Å². The van der Waals surface area contributed by atoms with Gasteiger partial charge in [-0.2, -0.15) is 18.4 Å². The largest absolute Gasteiger partial charge is 0.741 e. The molecule has 1 rings (SSSR count). The summed E-state index contributed by atoms with van der Waals surface area (Å²) >= 11 is 0. The molecule has 0 aliphatic rings. The monoisotopic (exact) mass is 310 g/mol. The lowest BCUT2D eigenvalue weighted by Crippen LogP contribution is -2.34. The minimum Gasteiger partial charge on any atom is -0.741 e. The molecule has 0 aliphatic heterocycles. The minimum absolute atomic E-state index is 0.723. The first kappa shape index (κ1) is 18.4. The van der Waals surface area contributed by atoms with Gasteiger partial charge >= 0.3 is 5.51 Å². The molecule has 0 heterocycles. The molecule has 0 bridgehead atoms. The first-order chi connectivity index (χ1) is 8.79. The molecule has 5 nitrogen and oxygen atoms in total. The average molecular weight is 310 g/mol. The van der Waals surface area contributed by atoms with Crippen LogP contribution in [0.2, 0.25) is 0 Å². The second-order valence-electron chi connectivity index (χ2n) is 4.57. The van der Waals surface area contributed by atoms with E-state index in [4.69, 9.17) is 18.2 Å². The third-order valence-corrected chi connectivity index (χ3v) is 2.60. The van der Waals surface area contributed by atoms with Crippen LogP contribution in [0.1, 0.15) is 5.56 Å². The zero-order valence-electron chi connectivity index (χ0n) is 11.0. The summed E-state index contributed by atoms with van der Waals surface area (Å²) in [4.78, 5) is 0. The average Bonchev–Trinajstić information content (AvgIpc) is 2.26. The molecular formula is C11H13F3N2O3S. The van der Waals surface area contributed by atoms with Crippen molar-refractivity contribution >= 4 is 15.8 Å². The van der Waals surface area contributed by atoms with E-state index in [1.807, 2.05) is 24.3 Å². The standard InChI is InChI=1S/C10H13N2.CHF3O3S/c1-12(2,3)10-6-4-5-9(7-10)8-11;2-1(3,4)8(5,6)7/h4-7H,1-3H3;(H,5,6,7)/q+1;/p-1. The normalized spacial score (nSPS) is 12.1. The molecule has 20 heavy (non-hydrogen) atoms. The smallest absolute Gasteiger partial charge is 0.485 e. The van der Waals surface area contributed by atoms with E-state index >= 15 is 0 Å². The quantitative estimate of drug-likeness (QED) is 0.450. The molecule has 0 saturated heterocycles. The van der Waals surface area contributed by atoms with Crippen LogP contribution in [0.25, 0.3) is 0 Å². The van der Waals surface area contributed by atoms with Crippen LogP contribution in [0.3, 0.4) is 0 Å². The molecule has 112 valence electrons. The zero-order valence-corrected chi connectivity index (χ0v) is 11.8. The Morgan fingerprint density at radius 1 is 1.25 bits per heavy atom. The van der Waals surface area contributed by atoms with Crippen LogP contribution in [-0.4, -0.2) is 39.6 Å². The maximum atomic E-state index is 10.7. The second kappa shape index (κ2) is 6.21. The first-order valence-electron chi connectivity index (χ1n) is 5.13. The molecule has 0 amide bonds. The van der Waals surface area contributed by atoms with Crippen LogP contribution in [0.5, 0.6) is 0 Å². The molecule has 9 heteroatoms. The maximum absolute atomic E-state index is 10.7. The number of benzene rings is 1. The third kappa shape index (κ3) is 6.01. The number of halogens is 3. The fourth-order valence-electron chi connectivity index (χ4n) is 0.993. The second-order valence-corrected chi connectivity index (χ2v) is 5.95. The fraction of sp³-hybridized carbons (Fsp3) is 0.364. The highest BCUT2D eigenvalue weighted by Crippen LogP contribution is 2.20. The number of hydrogen-bond donors (Lipinski definition) is 0. The number of nitriles is 1. The molecule has 0 aliphatic carbocycles. The van der Waals surface area contributed by atoms with Crippen molar-refractivity contribution in [2.75, 3.05) is 21.1 Å². The van der Waals surface area contributed by atoms with Crippen molar-refractivity contribution in [2.45, 2.75) is 5.51 Å². The Hall–Kier alpha value is -1.63. The maximum Gasteiger partial charge on any atom is 0.485 e. The van der Waals surface area contributed by atoms with E-state index in [1.54, 1.807) is 0 Å².